The Morgan fingerprint density at radius 2 is 2.10 bits per heavy atom. The van der Waals surface area contributed by atoms with Crippen molar-refractivity contribution < 1.29 is 8.81 Å². The molecule has 2 aromatic heterocycles. The van der Waals surface area contributed by atoms with Gasteiger partial charge in [-0.3, -0.25) is 0 Å². The van der Waals surface area contributed by atoms with Crippen molar-refractivity contribution >= 4 is 22.6 Å². The fourth-order valence-corrected chi connectivity index (χ4v) is 2.58. The van der Waals surface area contributed by atoms with Crippen molar-refractivity contribution in [3.05, 3.63) is 54.0 Å². The van der Waals surface area contributed by atoms with Crippen LogP contribution in [0.15, 0.2) is 41.0 Å². The van der Waals surface area contributed by atoms with Gasteiger partial charge in [-0.05, 0) is 44.2 Å². The second kappa shape index (κ2) is 4.94. The second-order valence-electron chi connectivity index (χ2n) is 4.78. The molecule has 2 atom stereocenters. The number of imidazole rings is 1. The van der Waals surface area contributed by atoms with E-state index in [1.54, 1.807) is 12.3 Å². The molecule has 104 valence electrons. The molecule has 0 aliphatic carbocycles. The van der Waals surface area contributed by atoms with Gasteiger partial charge < -0.3 is 8.98 Å². The van der Waals surface area contributed by atoms with Crippen LogP contribution < -0.4 is 0 Å². The van der Waals surface area contributed by atoms with Crippen LogP contribution >= 0.6 is 11.6 Å². The Hall–Kier alpha value is -1.81. The molecule has 2 heterocycles. The fraction of sp³-hybridized carbons (Fsp3) is 0.267. The Bertz CT molecular complexity index is 734. The number of benzene rings is 1. The van der Waals surface area contributed by atoms with Crippen molar-refractivity contribution in [2.75, 3.05) is 0 Å². The summed E-state index contributed by atoms with van der Waals surface area (Å²) < 4.78 is 20.9. The quantitative estimate of drug-likeness (QED) is 0.656. The van der Waals surface area contributed by atoms with Crippen LogP contribution in [-0.2, 0) is 0 Å². The smallest absolute Gasteiger partial charge is 0.128 e. The largest absolute Gasteiger partial charge is 0.467 e. The average Bonchev–Trinajstić information content (AvgIpc) is 3.04. The highest BCUT2D eigenvalue weighted by Crippen LogP contribution is 2.31. The SMILES string of the molecule is CC(Cl)c1nc2ccc(F)cc2n1C(C)c1ccco1. The van der Waals surface area contributed by atoms with Gasteiger partial charge in [0.15, 0.2) is 0 Å². The first-order valence-corrected chi connectivity index (χ1v) is 6.86. The molecule has 3 aromatic rings. The molecule has 0 bridgehead atoms. The zero-order valence-corrected chi connectivity index (χ0v) is 11.9. The highest BCUT2D eigenvalue weighted by Gasteiger charge is 2.21. The minimum atomic E-state index is -0.293. The summed E-state index contributed by atoms with van der Waals surface area (Å²) in [5.74, 6) is 1.20. The van der Waals surface area contributed by atoms with Gasteiger partial charge in [-0.1, -0.05) is 0 Å². The van der Waals surface area contributed by atoms with Gasteiger partial charge in [0.1, 0.15) is 17.4 Å². The van der Waals surface area contributed by atoms with E-state index in [0.717, 1.165) is 16.8 Å². The molecule has 3 nitrogen and oxygen atoms in total. The van der Waals surface area contributed by atoms with Crippen LogP contribution in [0.2, 0.25) is 0 Å². The summed E-state index contributed by atoms with van der Waals surface area (Å²) in [6.45, 7) is 3.83. The summed E-state index contributed by atoms with van der Waals surface area (Å²) in [4.78, 5) is 4.51. The monoisotopic (exact) mass is 292 g/mol. The molecule has 0 N–H and O–H groups in total. The molecule has 0 saturated carbocycles. The van der Waals surface area contributed by atoms with Gasteiger partial charge in [-0.25, -0.2) is 9.37 Å². The molecule has 2 unspecified atom stereocenters. The summed E-state index contributed by atoms with van der Waals surface area (Å²) in [5.41, 5.74) is 1.45. The lowest BCUT2D eigenvalue weighted by molar-refractivity contribution is 0.444. The van der Waals surface area contributed by atoms with Crippen LogP contribution in [0.4, 0.5) is 4.39 Å². The van der Waals surface area contributed by atoms with E-state index < -0.39 is 0 Å². The number of aromatic nitrogens is 2. The number of rotatable bonds is 3. The highest BCUT2D eigenvalue weighted by atomic mass is 35.5. The zero-order valence-electron chi connectivity index (χ0n) is 11.2. The van der Waals surface area contributed by atoms with E-state index in [9.17, 15) is 4.39 Å². The maximum Gasteiger partial charge on any atom is 0.128 e. The van der Waals surface area contributed by atoms with Crippen molar-refractivity contribution in [2.24, 2.45) is 0 Å². The Labute approximate surface area is 121 Å². The number of halogens is 2. The molecule has 3 rings (SSSR count). The molecular formula is C15H14ClFN2O. The van der Waals surface area contributed by atoms with Crippen molar-refractivity contribution in [3.63, 3.8) is 0 Å². The molecule has 0 saturated heterocycles. The molecule has 0 aliphatic rings. The van der Waals surface area contributed by atoms with Gasteiger partial charge in [0.2, 0.25) is 0 Å². The zero-order chi connectivity index (χ0) is 14.3. The lowest BCUT2D eigenvalue weighted by atomic mass is 10.2. The minimum absolute atomic E-state index is 0.104. The Morgan fingerprint density at radius 3 is 2.75 bits per heavy atom. The van der Waals surface area contributed by atoms with Gasteiger partial charge in [-0.2, -0.15) is 0 Å². The van der Waals surface area contributed by atoms with E-state index in [1.807, 2.05) is 30.5 Å². The van der Waals surface area contributed by atoms with Gasteiger partial charge in [-0.15, -0.1) is 11.6 Å². The average molecular weight is 293 g/mol. The third-order valence-corrected chi connectivity index (χ3v) is 3.57. The summed E-state index contributed by atoms with van der Waals surface area (Å²) in [6, 6.07) is 8.16. The van der Waals surface area contributed by atoms with E-state index in [-0.39, 0.29) is 17.2 Å². The van der Waals surface area contributed by atoms with Crippen LogP contribution in [0.3, 0.4) is 0 Å². The van der Waals surface area contributed by atoms with Crippen LogP contribution in [0, 0.1) is 5.82 Å². The molecule has 0 amide bonds. The first kappa shape index (κ1) is 13.2. The lowest BCUT2D eigenvalue weighted by Crippen LogP contribution is -2.10. The number of hydrogen-bond acceptors (Lipinski definition) is 2. The van der Waals surface area contributed by atoms with Gasteiger partial charge >= 0.3 is 0 Å². The van der Waals surface area contributed by atoms with E-state index in [0.29, 0.717) is 5.82 Å². The number of alkyl halides is 1. The van der Waals surface area contributed by atoms with Crippen LogP contribution in [0.5, 0.6) is 0 Å². The fourth-order valence-electron chi connectivity index (χ4n) is 2.43. The number of nitrogens with zero attached hydrogens (tertiary/aromatic N) is 2. The highest BCUT2D eigenvalue weighted by molar-refractivity contribution is 6.20. The summed E-state index contributed by atoms with van der Waals surface area (Å²) in [7, 11) is 0. The van der Waals surface area contributed by atoms with Gasteiger partial charge in [0, 0.05) is 0 Å². The van der Waals surface area contributed by atoms with E-state index in [4.69, 9.17) is 16.0 Å². The van der Waals surface area contributed by atoms with Crippen molar-refractivity contribution in [1.82, 2.24) is 9.55 Å². The van der Waals surface area contributed by atoms with Crippen LogP contribution in [-0.4, -0.2) is 9.55 Å². The predicted molar refractivity (Wildman–Crippen MR) is 76.5 cm³/mol. The molecular weight excluding hydrogens is 279 g/mol. The third-order valence-electron chi connectivity index (χ3n) is 3.38. The lowest BCUT2D eigenvalue weighted by Gasteiger charge is -2.16. The number of hydrogen-bond donors (Lipinski definition) is 0. The van der Waals surface area contributed by atoms with E-state index in [2.05, 4.69) is 4.98 Å². The minimum Gasteiger partial charge on any atom is -0.467 e. The van der Waals surface area contributed by atoms with Gasteiger partial charge in [0.25, 0.3) is 0 Å². The normalized spacial score (nSPS) is 14.6. The summed E-state index contributed by atoms with van der Waals surface area (Å²) in [5, 5.41) is -0.275. The molecule has 0 fully saturated rings. The Balaban J connectivity index is 2.25. The Morgan fingerprint density at radius 1 is 1.30 bits per heavy atom. The van der Waals surface area contributed by atoms with Crippen molar-refractivity contribution in [2.45, 2.75) is 25.3 Å². The maximum atomic E-state index is 13.5. The topological polar surface area (TPSA) is 31.0 Å². The van der Waals surface area contributed by atoms with Crippen molar-refractivity contribution in [1.29, 1.82) is 0 Å². The summed E-state index contributed by atoms with van der Waals surface area (Å²) in [6.07, 6.45) is 1.62. The molecule has 1 aromatic carbocycles. The molecule has 20 heavy (non-hydrogen) atoms. The standard InChI is InChI=1S/C15H14ClFN2O/c1-9(16)15-18-12-6-5-11(17)8-13(12)19(15)10(2)14-4-3-7-20-14/h3-10H,1-2H3. The van der Waals surface area contributed by atoms with E-state index >= 15 is 0 Å². The third kappa shape index (κ3) is 2.10. The van der Waals surface area contributed by atoms with E-state index in [1.165, 1.54) is 12.1 Å². The molecule has 0 spiro atoms. The molecule has 5 heteroatoms. The van der Waals surface area contributed by atoms with Crippen molar-refractivity contribution in [3.8, 4) is 0 Å². The van der Waals surface area contributed by atoms with Gasteiger partial charge in [0.05, 0.1) is 28.7 Å². The van der Waals surface area contributed by atoms with Crippen LogP contribution in [0.25, 0.3) is 11.0 Å². The summed E-state index contributed by atoms with van der Waals surface area (Å²) >= 11 is 6.22. The number of furan rings is 1. The first-order valence-electron chi connectivity index (χ1n) is 6.43. The Kier molecular flexibility index (Phi) is 3.26. The second-order valence-corrected chi connectivity index (χ2v) is 5.44. The number of fused-ring (bicyclic) bond motifs is 1. The molecule has 0 aliphatic heterocycles. The predicted octanol–water partition coefficient (Wildman–Crippen LogP) is 4.68. The molecule has 0 radical (unpaired) electrons. The van der Waals surface area contributed by atoms with Crippen LogP contribution in [0.1, 0.15) is 36.9 Å². The maximum absolute atomic E-state index is 13.5. The first-order chi connectivity index (χ1) is 9.58.